The van der Waals surface area contributed by atoms with Crippen molar-refractivity contribution in [1.29, 1.82) is 0 Å². The summed E-state index contributed by atoms with van der Waals surface area (Å²) >= 11 is 0. The van der Waals surface area contributed by atoms with Gasteiger partial charge in [-0.1, -0.05) is 55.7 Å². The number of ether oxygens (including phenoxy) is 1. The summed E-state index contributed by atoms with van der Waals surface area (Å²) in [6, 6.07) is 8.08. The van der Waals surface area contributed by atoms with E-state index in [0.29, 0.717) is 12.0 Å². The van der Waals surface area contributed by atoms with Gasteiger partial charge in [-0.05, 0) is 32.3 Å². The summed E-state index contributed by atoms with van der Waals surface area (Å²) in [5.74, 6) is -0.285. The molecule has 0 fully saturated rings. The number of amides is 1. The van der Waals surface area contributed by atoms with Crippen molar-refractivity contribution in [3.8, 4) is 0 Å². The van der Waals surface area contributed by atoms with Gasteiger partial charge in [0.05, 0.1) is 5.75 Å². The maximum atomic E-state index is 12.6. The minimum atomic E-state index is -3.80. The van der Waals surface area contributed by atoms with Crippen LogP contribution in [-0.2, 0) is 20.3 Å². The molecule has 1 aromatic heterocycles. The molecule has 9 heteroatoms. The second-order valence-electron chi connectivity index (χ2n) is 7.66. The van der Waals surface area contributed by atoms with Crippen molar-refractivity contribution >= 4 is 15.9 Å². The maximum absolute atomic E-state index is 12.6. The number of hydrogen-bond acceptors (Lipinski definition) is 7. The summed E-state index contributed by atoms with van der Waals surface area (Å²) in [5.41, 5.74) is -0.0454. The Morgan fingerprint density at radius 1 is 1.21 bits per heavy atom. The molecule has 0 spiro atoms. The summed E-state index contributed by atoms with van der Waals surface area (Å²) in [5, 5.41) is 9.82. The molecule has 154 valence electrons. The molecule has 0 radical (unpaired) electrons. The molecular weight excluding hydrogens is 382 g/mol. The summed E-state index contributed by atoms with van der Waals surface area (Å²) < 4.78 is 35.9. The van der Waals surface area contributed by atoms with Gasteiger partial charge in [0.25, 0.3) is 0 Å². The van der Waals surface area contributed by atoms with Gasteiger partial charge in [-0.15, -0.1) is 5.10 Å². The van der Waals surface area contributed by atoms with E-state index in [1.54, 1.807) is 51.1 Å². The second-order valence-corrected chi connectivity index (χ2v) is 9.53. The molecule has 1 amide bonds. The molecule has 1 aromatic carbocycles. The molecule has 0 aliphatic heterocycles. The van der Waals surface area contributed by atoms with Crippen LogP contribution in [0.15, 0.2) is 40.0 Å². The van der Waals surface area contributed by atoms with E-state index < -0.39 is 32.8 Å². The van der Waals surface area contributed by atoms with Gasteiger partial charge >= 0.3 is 11.3 Å². The number of benzene rings is 1. The Morgan fingerprint density at radius 3 is 2.43 bits per heavy atom. The fourth-order valence-electron chi connectivity index (χ4n) is 2.44. The lowest BCUT2D eigenvalue weighted by atomic mass is 9.99. The van der Waals surface area contributed by atoms with Gasteiger partial charge in [-0.3, -0.25) is 0 Å². The molecule has 0 saturated heterocycles. The Balaban J connectivity index is 2.22. The van der Waals surface area contributed by atoms with Crippen LogP contribution in [0.5, 0.6) is 0 Å². The Labute approximate surface area is 165 Å². The summed E-state index contributed by atoms with van der Waals surface area (Å²) in [7, 11) is -3.80. The Kier molecular flexibility index (Phi) is 6.82. The second kappa shape index (κ2) is 8.72. The normalized spacial score (nSPS) is 14.3. The molecule has 0 aliphatic rings. The number of carbonyl (C=O) groups excluding carboxylic acids is 1. The topological polar surface area (TPSA) is 111 Å². The van der Waals surface area contributed by atoms with Crippen molar-refractivity contribution in [1.82, 2.24) is 15.5 Å². The van der Waals surface area contributed by atoms with Crippen LogP contribution in [0, 0.1) is 5.92 Å². The first-order valence-electron chi connectivity index (χ1n) is 9.11. The van der Waals surface area contributed by atoms with Gasteiger partial charge in [-0.2, -0.15) is 0 Å². The number of aromatic nitrogens is 2. The quantitative estimate of drug-likeness (QED) is 0.743. The first-order valence-corrected chi connectivity index (χ1v) is 10.8. The highest BCUT2D eigenvalue weighted by molar-refractivity contribution is 7.90. The van der Waals surface area contributed by atoms with E-state index in [1.807, 2.05) is 13.8 Å². The molecule has 2 unspecified atom stereocenters. The van der Waals surface area contributed by atoms with Crippen LogP contribution < -0.4 is 5.32 Å². The predicted octanol–water partition coefficient (Wildman–Crippen LogP) is 3.66. The van der Waals surface area contributed by atoms with Gasteiger partial charge in [0.15, 0.2) is 0 Å². The van der Waals surface area contributed by atoms with Gasteiger partial charge in [0, 0.05) is 0 Å². The monoisotopic (exact) mass is 409 g/mol. The Bertz CT molecular complexity index is 888. The zero-order valence-electron chi connectivity index (χ0n) is 16.8. The Morgan fingerprint density at radius 2 is 1.86 bits per heavy atom. The van der Waals surface area contributed by atoms with E-state index in [4.69, 9.17) is 9.15 Å². The van der Waals surface area contributed by atoms with Crippen LogP contribution in [0.4, 0.5) is 4.79 Å². The predicted molar refractivity (Wildman–Crippen MR) is 103 cm³/mol. The van der Waals surface area contributed by atoms with Crippen molar-refractivity contribution < 1.29 is 22.4 Å². The largest absolute Gasteiger partial charge is 0.444 e. The number of carbonyl (C=O) groups is 1. The molecule has 28 heavy (non-hydrogen) atoms. The van der Waals surface area contributed by atoms with Crippen LogP contribution >= 0.6 is 0 Å². The zero-order valence-corrected chi connectivity index (χ0v) is 17.6. The highest BCUT2D eigenvalue weighted by atomic mass is 32.2. The average Bonchev–Trinajstić information content (AvgIpc) is 3.09. The molecule has 8 nitrogen and oxygen atoms in total. The lowest BCUT2D eigenvalue weighted by Gasteiger charge is -2.24. The van der Waals surface area contributed by atoms with Crippen molar-refractivity contribution in [3.63, 3.8) is 0 Å². The summed E-state index contributed by atoms with van der Waals surface area (Å²) in [6.45, 7) is 9.10. The van der Waals surface area contributed by atoms with E-state index in [-0.39, 0.29) is 17.6 Å². The summed E-state index contributed by atoms with van der Waals surface area (Å²) in [4.78, 5) is 12.2. The minimum Gasteiger partial charge on any atom is -0.444 e. The fourth-order valence-corrected chi connectivity index (χ4v) is 3.58. The van der Waals surface area contributed by atoms with E-state index in [1.165, 1.54) is 0 Å². The molecular formula is C19H27N3O5S. The van der Waals surface area contributed by atoms with Crippen LogP contribution in [0.1, 0.15) is 58.5 Å². The molecule has 1 N–H and O–H groups in total. The third-order valence-corrected chi connectivity index (χ3v) is 5.45. The van der Waals surface area contributed by atoms with Gasteiger partial charge < -0.3 is 14.5 Å². The van der Waals surface area contributed by atoms with Crippen molar-refractivity contribution in [3.05, 3.63) is 41.8 Å². The van der Waals surface area contributed by atoms with Gasteiger partial charge in [0.1, 0.15) is 11.6 Å². The van der Waals surface area contributed by atoms with E-state index in [2.05, 4.69) is 15.5 Å². The van der Waals surface area contributed by atoms with Gasteiger partial charge in [-0.25, -0.2) is 13.2 Å². The lowest BCUT2D eigenvalue weighted by molar-refractivity contribution is 0.0473. The number of sulfone groups is 1. The first kappa shape index (κ1) is 21.9. The highest BCUT2D eigenvalue weighted by Crippen LogP contribution is 2.26. The highest BCUT2D eigenvalue weighted by Gasteiger charge is 2.31. The third kappa shape index (κ3) is 6.05. The first-order chi connectivity index (χ1) is 13.0. The molecule has 2 atom stereocenters. The van der Waals surface area contributed by atoms with E-state index >= 15 is 0 Å². The smallest absolute Gasteiger partial charge is 0.408 e. The third-order valence-electron chi connectivity index (χ3n) is 4.04. The van der Waals surface area contributed by atoms with Crippen molar-refractivity contribution in [2.75, 3.05) is 0 Å². The molecule has 0 saturated carbocycles. The van der Waals surface area contributed by atoms with Crippen molar-refractivity contribution in [2.45, 2.75) is 63.7 Å². The lowest BCUT2D eigenvalue weighted by Crippen LogP contribution is -2.37. The van der Waals surface area contributed by atoms with E-state index in [0.717, 1.165) is 0 Å². The van der Waals surface area contributed by atoms with Crippen LogP contribution in [0.2, 0.25) is 0 Å². The standard InChI is InChI=1S/C19H27N3O5S/c1-6-13(2)15(20-17(23)27-19(3,4)5)16-21-22-18(26-16)28(24,25)12-14-10-8-7-9-11-14/h7-11,13,15H,6,12H2,1-5H3,(H,20,23). The molecule has 0 bridgehead atoms. The molecule has 0 aliphatic carbocycles. The van der Waals surface area contributed by atoms with Crippen LogP contribution in [-0.4, -0.2) is 30.3 Å². The molecule has 2 aromatic rings. The molecule has 2 rings (SSSR count). The molecule has 1 heterocycles. The fraction of sp³-hybridized carbons (Fsp3) is 0.526. The van der Waals surface area contributed by atoms with Gasteiger partial charge in [0.2, 0.25) is 15.7 Å². The van der Waals surface area contributed by atoms with Crippen molar-refractivity contribution in [2.24, 2.45) is 5.92 Å². The number of nitrogens with one attached hydrogen (secondary N) is 1. The van der Waals surface area contributed by atoms with Crippen LogP contribution in [0.25, 0.3) is 0 Å². The average molecular weight is 410 g/mol. The number of alkyl carbamates (subject to hydrolysis) is 1. The number of hydrogen-bond donors (Lipinski definition) is 1. The SMILES string of the molecule is CCC(C)C(NC(=O)OC(C)(C)C)c1nnc(S(=O)(=O)Cc2ccccc2)o1. The number of rotatable bonds is 7. The zero-order chi connectivity index (χ0) is 20.9. The minimum absolute atomic E-state index is 0.0341. The maximum Gasteiger partial charge on any atom is 0.408 e. The Hall–Kier alpha value is -2.42. The number of nitrogens with zero attached hydrogens (tertiary/aromatic N) is 2. The summed E-state index contributed by atoms with van der Waals surface area (Å²) in [6.07, 6.45) is 0.0688. The van der Waals surface area contributed by atoms with E-state index in [9.17, 15) is 13.2 Å². The van der Waals surface area contributed by atoms with Crippen LogP contribution in [0.3, 0.4) is 0 Å².